The number of aromatic nitrogens is 5. The van der Waals surface area contributed by atoms with E-state index in [0.29, 0.717) is 32.0 Å². The van der Waals surface area contributed by atoms with Crippen molar-refractivity contribution in [2.75, 3.05) is 36.5 Å². The van der Waals surface area contributed by atoms with Crippen LogP contribution in [0.4, 0.5) is 40.7 Å². The molecule has 1 aliphatic heterocycles. The van der Waals surface area contributed by atoms with Gasteiger partial charge in [-0.05, 0) is 30.3 Å². The molecule has 4 N–H and O–H groups in total. The monoisotopic (exact) mass is 556 g/mol. The van der Waals surface area contributed by atoms with E-state index in [9.17, 15) is 22.4 Å². The number of nitrogens with two attached hydrogens (primary N) is 1. The number of hydrogen-bond donors (Lipinski definition) is 3. The van der Waals surface area contributed by atoms with E-state index in [4.69, 9.17) is 4.74 Å². The molecule has 1 saturated heterocycles. The van der Waals surface area contributed by atoms with Crippen LogP contribution in [-0.4, -0.2) is 57.1 Å². The SMILES string of the molecule is O=C(N[NH2+]c1ncc(F)c(N2CCOCC2)n1)c1ccc(Nc2ccc(-c3ccncn3)c(C(F)(F)F)c2)cn1. The first-order valence-electron chi connectivity index (χ1n) is 12.0. The van der Waals surface area contributed by atoms with E-state index in [1.165, 1.54) is 54.5 Å². The lowest BCUT2D eigenvalue weighted by Gasteiger charge is -2.27. The maximum atomic E-state index is 14.2. The molecule has 1 amide bonds. The number of pyridine rings is 1. The maximum Gasteiger partial charge on any atom is 0.417 e. The summed E-state index contributed by atoms with van der Waals surface area (Å²) in [6.45, 7) is 1.86. The minimum Gasteiger partial charge on any atom is -0.378 e. The molecule has 0 spiro atoms. The van der Waals surface area contributed by atoms with Gasteiger partial charge >= 0.3 is 18.0 Å². The van der Waals surface area contributed by atoms with Crippen LogP contribution in [0.5, 0.6) is 0 Å². The minimum atomic E-state index is -4.62. The highest BCUT2D eigenvalue weighted by Gasteiger charge is 2.34. The molecule has 0 aliphatic carbocycles. The standard InChI is InChI=1S/C25H21F4N9O2/c26-19-13-32-24(35-22(19)38-7-9-40-10-8-38)37-36-23(39)21-4-2-16(12-31-21)34-15-1-3-17(18(11-15)25(27,28)29)20-5-6-30-14-33-20/h1-6,11-14,34H,7-10H2,(H,36,39)(H,32,35,37)/p+1. The third-order valence-electron chi connectivity index (χ3n) is 5.85. The minimum absolute atomic E-state index is 0.0346. The zero-order chi connectivity index (χ0) is 28.1. The number of benzene rings is 1. The van der Waals surface area contributed by atoms with Crippen LogP contribution in [0.3, 0.4) is 0 Å². The second-order valence-electron chi connectivity index (χ2n) is 8.53. The largest absolute Gasteiger partial charge is 0.417 e. The van der Waals surface area contributed by atoms with Crippen molar-refractivity contribution >= 4 is 29.0 Å². The summed E-state index contributed by atoms with van der Waals surface area (Å²) in [5.74, 6) is -0.950. The number of carbonyl (C=O) groups excluding carboxylic acids is 1. The third-order valence-corrected chi connectivity index (χ3v) is 5.85. The van der Waals surface area contributed by atoms with Crippen molar-refractivity contribution in [3.8, 4) is 11.3 Å². The van der Waals surface area contributed by atoms with Crippen molar-refractivity contribution in [3.63, 3.8) is 0 Å². The Balaban J connectivity index is 1.24. The van der Waals surface area contributed by atoms with E-state index >= 15 is 0 Å². The Morgan fingerprint density at radius 1 is 1.00 bits per heavy atom. The number of halogens is 4. The van der Waals surface area contributed by atoms with E-state index in [2.05, 4.69) is 35.7 Å². The third kappa shape index (κ3) is 6.27. The van der Waals surface area contributed by atoms with Crippen LogP contribution < -0.4 is 21.1 Å². The molecular weight excluding hydrogens is 534 g/mol. The molecule has 206 valence electrons. The Morgan fingerprint density at radius 2 is 1.80 bits per heavy atom. The van der Waals surface area contributed by atoms with Gasteiger partial charge in [-0.1, -0.05) is 6.07 Å². The number of nitrogens with zero attached hydrogens (tertiary/aromatic N) is 6. The average Bonchev–Trinajstić information content (AvgIpc) is 2.97. The number of ether oxygens (including phenoxy) is 1. The molecule has 5 rings (SSSR count). The zero-order valence-corrected chi connectivity index (χ0v) is 20.7. The highest BCUT2D eigenvalue weighted by molar-refractivity contribution is 5.91. The molecule has 3 aromatic heterocycles. The molecule has 40 heavy (non-hydrogen) atoms. The molecule has 11 nitrogen and oxygen atoms in total. The highest BCUT2D eigenvalue weighted by Crippen LogP contribution is 2.38. The predicted molar refractivity (Wildman–Crippen MR) is 134 cm³/mol. The summed E-state index contributed by atoms with van der Waals surface area (Å²) in [5.41, 5.74) is 3.50. The number of alkyl halides is 3. The zero-order valence-electron chi connectivity index (χ0n) is 20.7. The van der Waals surface area contributed by atoms with Crippen molar-refractivity contribution in [2.45, 2.75) is 6.18 Å². The van der Waals surface area contributed by atoms with Crippen LogP contribution in [0, 0.1) is 5.82 Å². The molecule has 4 aromatic rings. The number of anilines is 3. The molecule has 1 aliphatic rings. The predicted octanol–water partition coefficient (Wildman–Crippen LogP) is 2.61. The van der Waals surface area contributed by atoms with Gasteiger partial charge in [0, 0.05) is 30.5 Å². The molecule has 0 bridgehead atoms. The van der Waals surface area contributed by atoms with Gasteiger partial charge in [0.05, 0.1) is 42.6 Å². The summed E-state index contributed by atoms with van der Waals surface area (Å²) in [7, 11) is 0. The molecule has 1 fully saturated rings. The van der Waals surface area contributed by atoms with Crippen molar-refractivity contribution in [1.29, 1.82) is 0 Å². The lowest BCUT2D eigenvalue weighted by molar-refractivity contribution is -0.625. The molecule has 0 unspecified atom stereocenters. The topological polar surface area (TPSA) is 135 Å². The maximum absolute atomic E-state index is 14.2. The highest BCUT2D eigenvalue weighted by atomic mass is 19.4. The number of quaternary nitrogens is 1. The number of hydrogen-bond acceptors (Lipinski definition) is 9. The first-order chi connectivity index (χ1) is 19.3. The van der Waals surface area contributed by atoms with Gasteiger partial charge in [0.15, 0.2) is 11.6 Å². The quantitative estimate of drug-likeness (QED) is 0.136. The van der Waals surface area contributed by atoms with Crippen LogP contribution in [0.25, 0.3) is 11.3 Å². The lowest BCUT2D eigenvalue weighted by atomic mass is 10.0. The Morgan fingerprint density at radius 3 is 2.50 bits per heavy atom. The number of nitrogens with one attached hydrogen (secondary N) is 2. The number of nitrogen functional groups attached to an aromatic ring is 1. The summed E-state index contributed by atoms with van der Waals surface area (Å²) in [6.07, 6.45) is 0.263. The number of morpholine rings is 1. The fourth-order valence-corrected chi connectivity index (χ4v) is 3.94. The van der Waals surface area contributed by atoms with Crippen LogP contribution in [0.1, 0.15) is 16.1 Å². The van der Waals surface area contributed by atoms with Crippen molar-refractivity contribution in [3.05, 3.63) is 78.4 Å². The summed E-state index contributed by atoms with van der Waals surface area (Å²) in [5, 5.41) is 2.86. The van der Waals surface area contributed by atoms with E-state index in [1.807, 2.05) is 0 Å². The molecule has 15 heteroatoms. The molecule has 0 radical (unpaired) electrons. The Bertz CT molecular complexity index is 1480. The second kappa shape index (κ2) is 11.5. The normalized spacial score (nSPS) is 13.7. The first kappa shape index (κ1) is 26.8. The second-order valence-corrected chi connectivity index (χ2v) is 8.53. The Hall–Kier alpha value is -4.76. The summed E-state index contributed by atoms with van der Waals surface area (Å²) < 4.78 is 60.8. The van der Waals surface area contributed by atoms with Crippen molar-refractivity contribution in [2.24, 2.45) is 0 Å². The Kier molecular flexibility index (Phi) is 7.75. The molecule has 0 saturated carbocycles. The molecule has 4 heterocycles. The van der Waals surface area contributed by atoms with Gasteiger partial charge in [0.1, 0.15) is 12.0 Å². The van der Waals surface area contributed by atoms with E-state index < -0.39 is 23.5 Å². The summed E-state index contributed by atoms with van der Waals surface area (Å²) >= 11 is 0. The molecule has 0 atom stereocenters. The van der Waals surface area contributed by atoms with E-state index in [0.717, 1.165) is 12.3 Å². The van der Waals surface area contributed by atoms with Crippen molar-refractivity contribution < 1.29 is 32.5 Å². The van der Waals surface area contributed by atoms with Crippen LogP contribution in [0.2, 0.25) is 0 Å². The van der Waals surface area contributed by atoms with Gasteiger partial charge in [-0.15, -0.1) is 0 Å². The number of rotatable bonds is 7. The lowest BCUT2D eigenvalue weighted by Crippen LogP contribution is -2.90. The fraction of sp³-hybridized carbons (Fsp3) is 0.200. The van der Waals surface area contributed by atoms with Gasteiger partial charge in [-0.3, -0.25) is 4.79 Å². The van der Waals surface area contributed by atoms with Crippen LogP contribution in [-0.2, 0) is 10.9 Å². The van der Waals surface area contributed by atoms with Gasteiger partial charge in [0.2, 0.25) is 0 Å². The summed E-state index contributed by atoms with van der Waals surface area (Å²) in [6, 6.07) is 8.07. The van der Waals surface area contributed by atoms with Crippen LogP contribution in [0.15, 0.2) is 61.3 Å². The number of amides is 1. The van der Waals surface area contributed by atoms with E-state index in [-0.39, 0.29) is 34.4 Å². The molecular formula is C25H22F4N9O2+. The average molecular weight is 557 g/mol. The van der Waals surface area contributed by atoms with Crippen molar-refractivity contribution in [1.82, 2.24) is 30.3 Å². The van der Waals surface area contributed by atoms with Gasteiger partial charge < -0.3 is 15.0 Å². The first-order valence-corrected chi connectivity index (χ1v) is 12.0. The Labute approximate surface area is 224 Å². The number of carbonyl (C=O) groups is 1. The smallest absolute Gasteiger partial charge is 0.378 e. The van der Waals surface area contributed by atoms with Gasteiger partial charge in [-0.25, -0.2) is 19.3 Å². The summed E-state index contributed by atoms with van der Waals surface area (Å²) in [4.78, 5) is 34.1. The van der Waals surface area contributed by atoms with E-state index in [1.54, 1.807) is 4.90 Å². The van der Waals surface area contributed by atoms with Gasteiger partial charge in [0.25, 0.3) is 0 Å². The van der Waals surface area contributed by atoms with Crippen LogP contribution >= 0.6 is 0 Å². The molecule has 1 aromatic carbocycles. The van der Waals surface area contributed by atoms with Gasteiger partial charge in [-0.2, -0.15) is 34.0 Å². The fourth-order valence-electron chi connectivity index (χ4n) is 3.94.